The number of unbranched alkanes of at least 4 members (excludes halogenated alkanes) is 46. The van der Waals surface area contributed by atoms with Crippen LogP contribution in [0.15, 0.2) is 24.3 Å². The first-order valence-corrected chi connectivity index (χ1v) is 32.6. The Morgan fingerprint density at radius 2 is 0.694 bits per heavy atom. The molecule has 0 aliphatic rings. The van der Waals surface area contributed by atoms with Gasteiger partial charge in [-0.1, -0.05) is 314 Å². The molecule has 0 saturated heterocycles. The summed E-state index contributed by atoms with van der Waals surface area (Å²) in [7, 11) is 0. The van der Waals surface area contributed by atoms with Crippen LogP contribution in [0, 0.1) is 0 Å². The number of nitrogens with one attached hydrogen (secondary N) is 1. The molecule has 0 aliphatic carbocycles. The van der Waals surface area contributed by atoms with Crippen LogP contribution in [0.25, 0.3) is 0 Å². The van der Waals surface area contributed by atoms with Crippen molar-refractivity contribution in [2.75, 3.05) is 13.2 Å². The predicted molar refractivity (Wildman–Crippen MR) is 315 cm³/mol. The SMILES string of the molecule is CCCCC/C=C\C/C=C\CCCCCCCC(=O)OCCCCCCCCCCCCCCCCCCCCCCCCCCCCCCCCCC(=O)NC(CO)C(O)CCCCCCCCCCC. The molecule has 0 aromatic rings. The molecular weight excluding hydrogens is 887 g/mol. The zero-order valence-corrected chi connectivity index (χ0v) is 48.7. The van der Waals surface area contributed by atoms with Crippen LogP contribution >= 0.6 is 0 Å². The number of aliphatic hydroxyl groups is 2. The Hall–Kier alpha value is -1.66. The Balaban J connectivity index is 3.29. The number of rotatable bonds is 61. The van der Waals surface area contributed by atoms with Crippen molar-refractivity contribution in [3.63, 3.8) is 0 Å². The van der Waals surface area contributed by atoms with E-state index in [0.29, 0.717) is 25.9 Å². The van der Waals surface area contributed by atoms with E-state index in [0.717, 1.165) is 51.4 Å². The van der Waals surface area contributed by atoms with E-state index in [2.05, 4.69) is 43.5 Å². The van der Waals surface area contributed by atoms with Crippen molar-refractivity contribution >= 4 is 11.9 Å². The Morgan fingerprint density at radius 1 is 0.389 bits per heavy atom. The van der Waals surface area contributed by atoms with Gasteiger partial charge in [-0.05, 0) is 57.8 Å². The lowest BCUT2D eigenvalue weighted by molar-refractivity contribution is -0.143. The van der Waals surface area contributed by atoms with Crippen molar-refractivity contribution in [2.24, 2.45) is 0 Å². The second-order valence-electron chi connectivity index (χ2n) is 22.5. The normalized spacial score (nSPS) is 12.7. The number of aliphatic hydroxyl groups excluding tert-OH is 2. The van der Waals surface area contributed by atoms with Crippen LogP contribution < -0.4 is 5.32 Å². The van der Waals surface area contributed by atoms with Gasteiger partial charge in [-0.3, -0.25) is 9.59 Å². The minimum Gasteiger partial charge on any atom is -0.466 e. The fourth-order valence-corrected chi connectivity index (χ4v) is 10.3. The van der Waals surface area contributed by atoms with Gasteiger partial charge < -0.3 is 20.3 Å². The molecule has 426 valence electrons. The van der Waals surface area contributed by atoms with Gasteiger partial charge in [-0.25, -0.2) is 0 Å². The highest BCUT2D eigenvalue weighted by Gasteiger charge is 2.20. The molecule has 0 fully saturated rings. The zero-order chi connectivity index (χ0) is 52.2. The average molecular weight is 1010 g/mol. The highest BCUT2D eigenvalue weighted by atomic mass is 16.5. The Kier molecular flexibility index (Phi) is 60.5. The lowest BCUT2D eigenvalue weighted by atomic mass is 10.0. The molecule has 1 amide bonds. The summed E-state index contributed by atoms with van der Waals surface area (Å²) in [5, 5.41) is 23.1. The smallest absolute Gasteiger partial charge is 0.305 e. The Labute approximate surface area is 450 Å². The minimum atomic E-state index is -0.658. The molecule has 0 aliphatic heterocycles. The summed E-state index contributed by atoms with van der Waals surface area (Å²) >= 11 is 0. The number of carbonyl (C=O) groups is 2. The van der Waals surface area contributed by atoms with Crippen molar-refractivity contribution in [1.29, 1.82) is 0 Å². The van der Waals surface area contributed by atoms with Crippen molar-refractivity contribution in [3.05, 3.63) is 24.3 Å². The molecule has 0 aromatic carbocycles. The molecule has 0 heterocycles. The molecule has 0 spiro atoms. The largest absolute Gasteiger partial charge is 0.466 e. The van der Waals surface area contributed by atoms with Crippen LogP contribution in [0.5, 0.6) is 0 Å². The highest BCUT2D eigenvalue weighted by Crippen LogP contribution is 2.18. The van der Waals surface area contributed by atoms with Gasteiger partial charge in [0.25, 0.3) is 0 Å². The van der Waals surface area contributed by atoms with E-state index in [1.54, 1.807) is 0 Å². The van der Waals surface area contributed by atoms with E-state index >= 15 is 0 Å². The van der Waals surface area contributed by atoms with E-state index in [1.165, 1.54) is 276 Å². The third kappa shape index (κ3) is 57.6. The number of allylic oxidation sites excluding steroid dienone is 4. The van der Waals surface area contributed by atoms with E-state index in [9.17, 15) is 19.8 Å². The van der Waals surface area contributed by atoms with E-state index in [-0.39, 0.29) is 18.5 Å². The first kappa shape index (κ1) is 70.3. The van der Waals surface area contributed by atoms with Crippen LogP contribution in [-0.4, -0.2) is 47.4 Å². The highest BCUT2D eigenvalue weighted by molar-refractivity contribution is 5.76. The molecule has 0 saturated carbocycles. The van der Waals surface area contributed by atoms with Gasteiger partial charge in [-0.15, -0.1) is 0 Å². The summed E-state index contributed by atoms with van der Waals surface area (Å²) in [6.07, 6.45) is 76.5. The van der Waals surface area contributed by atoms with Crippen LogP contribution in [-0.2, 0) is 14.3 Å². The van der Waals surface area contributed by atoms with Gasteiger partial charge in [-0.2, -0.15) is 0 Å². The first-order valence-electron chi connectivity index (χ1n) is 32.6. The topological polar surface area (TPSA) is 95.9 Å². The monoisotopic (exact) mass is 1010 g/mol. The summed E-state index contributed by atoms with van der Waals surface area (Å²) in [6, 6.07) is -0.535. The maximum atomic E-state index is 12.4. The van der Waals surface area contributed by atoms with Gasteiger partial charge in [0.05, 0.1) is 25.4 Å². The maximum Gasteiger partial charge on any atom is 0.305 e. The number of ether oxygens (including phenoxy) is 1. The lowest BCUT2D eigenvalue weighted by Gasteiger charge is -2.22. The summed E-state index contributed by atoms with van der Waals surface area (Å²) < 4.78 is 5.48. The van der Waals surface area contributed by atoms with Crippen molar-refractivity contribution in [2.45, 2.75) is 373 Å². The van der Waals surface area contributed by atoms with Gasteiger partial charge >= 0.3 is 5.97 Å². The van der Waals surface area contributed by atoms with Crippen molar-refractivity contribution in [1.82, 2.24) is 5.32 Å². The summed E-state index contributed by atoms with van der Waals surface area (Å²) in [6.45, 7) is 4.92. The van der Waals surface area contributed by atoms with Gasteiger partial charge in [0.1, 0.15) is 0 Å². The van der Waals surface area contributed by atoms with Crippen molar-refractivity contribution < 1.29 is 24.5 Å². The maximum absolute atomic E-state index is 12.4. The summed E-state index contributed by atoms with van der Waals surface area (Å²) in [4.78, 5) is 24.5. The molecule has 6 heteroatoms. The lowest BCUT2D eigenvalue weighted by Crippen LogP contribution is -2.45. The number of amides is 1. The van der Waals surface area contributed by atoms with Crippen molar-refractivity contribution in [3.8, 4) is 0 Å². The summed E-state index contributed by atoms with van der Waals surface area (Å²) in [5.74, 6) is -0.0251. The number of hydrogen-bond donors (Lipinski definition) is 3. The number of esters is 1. The molecule has 0 radical (unpaired) electrons. The second kappa shape index (κ2) is 61.9. The molecule has 2 atom stereocenters. The van der Waals surface area contributed by atoms with Crippen LogP contribution in [0.4, 0.5) is 0 Å². The molecule has 0 bridgehead atoms. The Bertz CT molecular complexity index is 1120. The average Bonchev–Trinajstić information content (AvgIpc) is 3.38. The summed E-state index contributed by atoms with van der Waals surface area (Å²) in [5.41, 5.74) is 0. The standard InChI is InChI=1S/C66H127NO5/c1-3-5-7-9-11-13-14-15-33-37-40-44-48-52-56-60-66(71)72-61-57-53-49-45-41-38-35-32-30-28-26-24-22-20-18-16-17-19-21-23-25-27-29-31-34-36-39-43-47-51-55-59-65(70)67-63(62-68)64(69)58-54-50-46-42-12-10-8-6-4-2/h11,13,15,33,63-64,68-69H,3-10,12,14,16-32,34-62H2,1-2H3,(H,67,70)/b13-11-,33-15-. The fraction of sp³-hybridized carbons (Fsp3) is 0.909. The molecule has 72 heavy (non-hydrogen) atoms. The molecular formula is C66H127NO5. The molecule has 2 unspecified atom stereocenters. The fourth-order valence-electron chi connectivity index (χ4n) is 10.3. The van der Waals surface area contributed by atoms with Gasteiger partial charge in [0.15, 0.2) is 0 Å². The first-order chi connectivity index (χ1) is 35.5. The third-order valence-electron chi connectivity index (χ3n) is 15.3. The van der Waals surface area contributed by atoms with Gasteiger partial charge in [0.2, 0.25) is 5.91 Å². The molecule has 0 rings (SSSR count). The second-order valence-corrected chi connectivity index (χ2v) is 22.5. The van der Waals surface area contributed by atoms with Crippen LogP contribution in [0.2, 0.25) is 0 Å². The number of carbonyl (C=O) groups excluding carboxylic acids is 2. The van der Waals surface area contributed by atoms with E-state index in [1.807, 2.05) is 0 Å². The van der Waals surface area contributed by atoms with Gasteiger partial charge in [0, 0.05) is 12.8 Å². The quantitative estimate of drug-likeness (QED) is 0.0320. The minimum absolute atomic E-state index is 0.00682. The van der Waals surface area contributed by atoms with Crippen LogP contribution in [0.3, 0.4) is 0 Å². The number of hydrogen-bond acceptors (Lipinski definition) is 5. The predicted octanol–water partition coefficient (Wildman–Crippen LogP) is 20.6. The van der Waals surface area contributed by atoms with Crippen LogP contribution in [0.1, 0.15) is 361 Å². The molecule has 3 N–H and O–H groups in total. The Morgan fingerprint density at radius 3 is 1.08 bits per heavy atom. The van der Waals surface area contributed by atoms with E-state index < -0.39 is 12.1 Å². The zero-order valence-electron chi connectivity index (χ0n) is 48.7. The molecule has 6 nitrogen and oxygen atoms in total. The van der Waals surface area contributed by atoms with E-state index in [4.69, 9.17) is 4.74 Å². The molecule has 0 aromatic heterocycles. The third-order valence-corrected chi connectivity index (χ3v) is 15.3.